The Morgan fingerprint density at radius 2 is 2.08 bits per heavy atom. The number of nitrogens with one attached hydrogen (secondary N) is 1. The molecule has 8 heteroatoms. The van der Waals surface area contributed by atoms with Crippen molar-refractivity contribution in [1.29, 1.82) is 0 Å². The fourth-order valence-corrected chi connectivity index (χ4v) is 3.18. The zero-order valence-electron chi connectivity index (χ0n) is 14.5. The van der Waals surface area contributed by atoms with Crippen LogP contribution >= 0.6 is 0 Å². The molecule has 1 aliphatic carbocycles. The molecule has 0 unspecified atom stereocenters. The highest BCUT2D eigenvalue weighted by molar-refractivity contribution is 6.03. The lowest BCUT2D eigenvalue weighted by Crippen LogP contribution is -2.26. The molecule has 0 fully saturated rings. The van der Waals surface area contributed by atoms with Gasteiger partial charge in [0.25, 0.3) is 5.91 Å². The third-order valence-electron chi connectivity index (χ3n) is 4.32. The van der Waals surface area contributed by atoms with E-state index in [2.05, 4.69) is 34.7 Å². The fraction of sp³-hybridized carbons (Fsp3) is 0.389. The number of rotatable bonds is 3. The van der Waals surface area contributed by atoms with Gasteiger partial charge >= 0.3 is 6.18 Å². The van der Waals surface area contributed by atoms with Crippen molar-refractivity contribution in [3.8, 4) is 0 Å². The Morgan fingerprint density at radius 1 is 1.31 bits per heavy atom. The van der Waals surface area contributed by atoms with Crippen LogP contribution in [0.15, 0.2) is 29.5 Å². The predicted molar refractivity (Wildman–Crippen MR) is 90.8 cm³/mol. The standard InChI is InChI=1S/C18H19F3N4O/c1-11-8-12(2)13-4-3-5-15(14(13)9-11)22-23-17(26)10-25-7-6-16(24-25)18(19,20)21/h6-9H,3-5,10H2,1-2H3,(H,23,26)/b22-15+. The van der Waals surface area contributed by atoms with Crippen LogP contribution in [0.1, 0.15) is 40.8 Å². The van der Waals surface area contributed by atoms with Gasteiger partial charge in [0.1, 0.15) is 6.54 Å². The van der Waals surface area contributed by atoms with E-state index < -0.39 is 17.8 Å². The number of hydrazone groups is 1. The van der Waals surface area contributed by atoms with E-state index in [1.165, 1.54) is 11.1 Å². The quantitative estimate of drug-likeness (QED) is 0.849. The zero-order chi connectivity index (χ0) is 18.9. The molecule has 138 valence electrons. The number of benzene rings is 1. The largest absolute Gasteiger partial charge is 0.435 e. The molecule has 1 heterocycles. The second kappa shape index (κ2) is 6.93. The van der Waals surface area contributed by atoms with Crippen molar-refractivity contribution in [2.75, 3.05) is 0 Å². The van der Waals surface area contributed by atoms with E-state index in [4.69, 9.17) is 0 Å². The first-order valence-corrected chi connectivity index (χ1v) is 8.30. The Kier molecular flexibility index (Phi) is 4.84. The Bertz CT molecular complexity index is 868. The number of alkyl halides is 3. The van der Waals surface area contributed by atoms with Crippen molar-refractivity contribution in [3.05, 3.63) is 52.3 Å². The minimum absolute atomic E-state index is 0.327. The minimum Gasteiger partial charge on any atom is -0.271 e. The molecular weight excluding hydrogens is 345 g/mol. The van der Waals surface area contributed by atoms with Crippen molar-refractivity contribution in [2.45, 2.75) is 45.8 Å². The SMILES string of the molecule is Cc1cc(C)c2c(c1)/C(=N/NC(=O)Cn1ccc(C(F)(F)F)n1)CCC2. The number of hydrogen-bond donors (Lipinski definition) is 1. The van der Waals surface area contributed by atoms with Gasteiger partial charge in [0, 0.05) is 11.8 Å². The van der Waals surface area contributed by atoms with Gasteiger partial charge in [-0.2, -0.15) is 23.4 Å². The molecular formula is C18H19F3N4O. The Balaban J connectivity index is 1.71. The number of hydrogen-bond acceptors (Lipinski definition) is 3. The van der Waals surface area contributed by atoms with Gasteiger partial charge < -0.3 is 0 Å². The zero-order valence-corrected chi connectivity index (χ0v) is 14.5. The summed E-state index contributed by atoms with van der Waals surface area (Å²) in [7, 11) is 0. The Hall–Kier alpha value is -2.64. The molecule has 1 amide bonds. The molecule has 0 radical (unpaired) electrons. The van der Waals surface area contributed by atoms with Gasteiger partial charge in [-0.3, -0.25) is 9.48 Å². The van der Waals surface area contributed by atoms with E-state index in [9.17, 15) is 18.0 Å². The molecule has 3 rings (SSSR count). The van der Waals surface area contributed by atoms with Crippen molar-refractivity contribution in [2.24, 2.45) is 5.10 Å². The molecule has 5 nitrogen and oxygen atoms in total. The first-order chi connectivity index (χ1) is 12.2. The van der Waals surface area contributed by atoms with Crippen LogP contribution in [-0.4, -0.2) is 21.4 Å². The van der Waals surface area contributed by atoms with Crippen LogP contribution in [0.4, 0.5) is 13.2 Å². The summed E-state index contributed by atoms with van der Waals surface area (Å²) in [5, 5.41) is 7.57. The number of aromatic nitrogens is 2. The highest BCUT2D eigenvalue weighted by Gasteiger charge is 2.33. The van der Waals surface area contributed by atoms with Crippen LogP contribution in [0.25, 0.3) is 0 Å². The molecule has 0 saturated heterocycles. The van der Waals surface area contributed by atoms with Crippen LogP contribution in [0.5, 0.6) is 0 Å². The van der Waals surface area contributed by atoms with Crippen molar-refractivity contribution < 1.29 is 18.0 Å². The summed E-state index contributed by atoms with van der Waals surface area (Å²) in [4.78, 5) is 12.0. The Morgan fingerprint density at radius 3 is 2.77 bits per heavy atom. The van der Waals surface area contributed by atoms with Crippen LogP contribution in [0.3, 0.4) is 0 Å². The molecule has 1 aromatic carbocycles. The van der Waals surface area contributed by atoms with Crippen LogP contribution in [0, 0.1) is 13.8 Å². The molecule has 0 atom stereocenters. The van der Waals surface area contributed by atoms with Gasteiger partial charge in [0.05, 0.1) is 5.71 Å². The van der Waals surface area contributed by atoms with Gasteiger partial charge in [-0.1, -0.05) is 11.6 Å². The first kappa shape index (κ1) is 18.2. The predicted octanol–water partition coefficient (Wildman–Crippen LogP) is 3.38. The third-order valence-corrected chi connectivity index (χ3v) is 4.32. The summed E-state index contributed by atoms with van der Waals surface area (Å²) in [5.41, 5.74) is 6.80. The molecule has 0 saturated carbocycles. The number of halogens is 3. The number of nitrogens with zero attached hydrogens (tertiary/aromatic N) is 3. The summed E-state index contributed by atoms with van der Waals surface area (Å²) >= 11 is 0. The van der Waals surface area contributed by atoms with Gasteiger partial charge in [-0.05, 0) is 56.4 Å². The van der Waals surface area contributed by atoms with E-state index in [1.807, 2.05) is 6.92 Å². The number of carbonyl (C=O) groups is 1. The lowest BCUT2D eigenvalue weighted by atomic mass is 9.86. The minimum atomic E-state index is -4.52. The van der Waals surface area contributed by atoms with Gasteiger partial charge in [0.15, 0.2) is 5.69 Å². The van der Waals surface area contributed by atoms with Crippen molar-refractivity contribution >= 4 is 11.6 Å². The van der Waals surface area contributed by atoms with Crippen LogP contribution in [-0.2, 0) is 23.9 Å². The highest BCUT2D eigenvalue weighted by Crippen LogP contribution is 2.27. The maximum absolute atomic E-state index is 12.5. The van der Waals surface area contributed by atoms with Crippen molar-refractivity contribution in [3.63, 3.8) is 0 Å². The molecule has 26 heavy (non-hydrogen) atoms. The smallest absolute Gasteiger partial charge is 0.271 e. The average molecular weight is 364 g/mol. The molecule has 0 aliphatic heterocycles. The normalized spacial score (nSPS) is 15.8. The van der Waals surface area contributed by atoms with E-state index in [0.29, 0.717) is 0 Å². The maximum atomic E-state index is 12.5. The lowest BCUT2D eigenvalue weighted by molar-refractivity contribution is -0.141. The van der Waals surface area contributed by atoms with Gasteiger partial charge in [-0.15, -0.1) is 0 Å². The van der Waals surface area contributed by atoms with E-state index in [-0.39, 0.29) is 6.54 Å². The average Bonchev–Trinajstić information content (AvgIpc) is 3.01. The van der Waals surface area contributed by atoms with E-state index in [0.717, 1.165) is 53.0 Å². The van der Waals surface area contributed by atoms with Gasteiger partial charge in [0.2, 0.25) is 0 Å². The van der Waals surface area contributed by atoms with E-state index >= 15 is 0 Å². The van der Waals surface area contributed by atoms with Crippen LogP contribution < -0.4 is 5.43 Å². The first-order valence-electron chi connectivity index (χ1n) is 8.30. The summed E-state index contributed by atoms with van der Waals surface area (Å²) in [6.45, 7) is 3.74. The summed E-state index contributed by atoms with van der Waals surface area (Å²) in [6.07, 6.45) is -0.737. The molecule has 0 spiro atoms. The van der Waals surface area contributed by atoms with Crippen LogP contribution in [0.2, 0.25) is 0 Å². The van der Waals surface area contributed by atoms with Crippen molar-refractivity contribution in [1.82, 2.24) is 15.2 Å². The molecule has 1 aliphatic rings. The number of carbonyl (C=O) groups excluding carboxylic acids is 1. The second-order valence-electron chi connectivity index (χ2n) is 6.45. The molecule has 1 N–H and O–H groups in total. The highest BCUT2D eigenvalue weighted by atomic mass is 19.4. The summed E-state index contributed by atoms with van der Waals surface area (Å²) in [6, 6.07) is 5.01. The van der Waals surface area contributed by atoms with Gasteiger partial charge in [-0.25, -0.2) is 5.43 Å². The molecule has 2 aromatic rings. The number of fused-ring (bicyclic) bond motifs is 1. The maximum Gasteiger partial charge on any atom is 0.435 e. The summed E-state index contributed by atoms with van der Waals surface area (Å²) in [5.74, 6) is -0.522. The monoisotopic (exact) mass is 364 g/mol. The van der Waals surface area contributed by atoms with E-state index in [1.54, 1.807) is 0 Å². The second-order valence-corrected chi connectivity index (χ2v) is 6.45. The Labute approximate surface area is 148 Å². The molecule has 1 aromatic heterocycles. The third kappa shape index (κ3) is 3.95. The number of aryl methyl sites for hydroxylation is 2. The fourth-order valence-electron chi connectivity index (χ4n) is 3.18. The topological polar surface area (TPSA) is 59.3 Å². The lowest BCUT2D eigenvalue weighted by Gasteiger charge is -2.20. The molecule has 0 bridgehead atoms. The summed E-state index contributed by atoms with van der Waals surface area (Å²) < 4.78 is 38.6. The number of amides is 1.